The number of ether oxygens (including phenoxy) is 2. The molecule has 7 aromatic rings. The molecule has 388 valence electrons. The van der Waals surface area contributed by atoms with Crippen molar-refractivity contribution in [2.45, 2.75) is 149 Å². The second kappa shape index (κ2) is 21.2. The Kier molecular flexibility index (Phi) is 14.5. The van der Waals surface area contributed by atoms with E-state index in [0.29, 0.717) is 10.8 Å². The van der Waals surface area contributed by atoms with Crippen LogP contribution in [-0.4, -0.2) is 26.4 Å². The quantitative estimate of drug-likeness (QED) is 0.0728. The highest BCUT2D eigenvalue weighted by Crippen LogP contribution is 2.53. The van der Waals surface area contributed by atoms with Crippen molar-refractivity contribution in [2.24, 2.45) is 10.8 Å². The van der Waals surface area contributed by atoms with Gasteiger partial charge in [-0.05, 0) is 186 Å². The summed E-state index contributed by atoms with van der Waals surface area (Å²) in [5.74, 6) is 0. The minimum atomic E-state index is -0.148. The van der Waals surface area contributed by atoms with Crippen LogP contribution in [0.3, 0.4) is 0 Å². The van der Waals surface area contributed by atoms with Gasteiger partial charge in [0.1, 0.15) is 0 Å². The summed E-state index contributed by atoms with van der Waals surface area (Å²) in [4.78, 5) is 2.54. The molecule has 0 saturated carbocycles. The van der Waals surface area contributed by atoms with E-state index in [9.17, 15) is 0 Å². The van der Waals surface area contributed by atoms with E-state index in [-0.39, 0.29) is 10.8 Å². The van der Waals surface area contributed by atoms with E-state index >= 15 is 0 Å². The molecule has 75 heavy (non-hydrogen) atoms. The van der Waals surface area contributed by atoms with Gasteiger partial charge in [0.2, 0.25) is 0 Å². The zero-order chi connectivity index (χ0) is 51.8. The van der Waals surface area contributed by atoms with Crippen molar-refractivity contribution in [3.05, 3.63) is 189 Å². The summed E-state index contributed by atoms with van der Waals surface area (Å²) in [6, 6.07) is 56.4. The lowest BCUT2D eigenvalue weighted by Crippen LogP contribution is -2.41. The molecule has 0 spiro atoms. The van der Waals surface area contributed by atoms with Crippen LogP contribution in [0.5, 0.6) is 0 Å². The third-order valence-electron chi connectivity index (χ3n) is 19.3. The van der Waals surface area contributed by atoms with Gasteiger partial charge in [-0.25, -0.2) is 0 Å². The molecule has 0 bridgehead atoms. The second-order valence-corrected chi connectivity index (χ2v) is 24.0. The Morgan fingerprint density at radius 2 is 1.08 bits per heavy atom. The number of unbranched alkanes of at least 4 members (excludes halogenated alkanes) is 2. The SMILES string of the molecule is CCC1(CCCCc2ccc(NC3=c4ccccc4=C(c4ccc(N(c5ccc(CCCCC6(CC)COC6)cc5)c5ccc6c(c5)C(C)(C)c5cc(C(C)(CC)CC)ccc5-6)c5ccccc45)CC3)cc2)COC1. The fourth-order valence-corrected chi connectivity index (χ4v) is 13.2. The molecule has 0 radical (unpaired) electrons. The van der Waals surface area contributed by atoms with E-state index in [2.05, 4.69) is 204 Å². The van der Waals surface area contributed by atoms with Crippen LogP contribution in [-0.2, 0) is 33.1 Å². The Labute approximate surface area is 449 Å². The Bertz CT molecular complexity index is 3280. The van der Waals surface area contributed by atoms with Gasteiger partial charge >= 0.3 is 0 Å². The summed E-state index contributed by atoms with van der Waals surface area (Å²) in [5.41, 5.74) is 19.5. The summed E-state index contributed by atoms with van der Waals surface area (Å²) < 4.78 is 11.2. The van der Waals surface area contributed by atoms with Gasteiger partial charge in [-0.15, -0.1) is 0 Å². The van der Waals surface area contributed by atoms with Crippen molar-refractivity contribution in [1.29, 1.82) is 0 Å². The predicted molar refractivity (Wildman–Crippen MR) is 317 cm³/mol. The standard InChI is InChI=1S/C71H82N2O2/c1-8-69(7,9-2)52-30-36-60-61-37-35-55(45-65(61)68(5,6)64(60)44-52)73(54-33-28-51(29-34-54)21-17-19-43-71(11-4)48-75-49-71)67-41-39-59(57-23-13-15-25-63(57)67)58-38-40-66(62-24-14-12-22-56(58)62)72-53-31-26-50(27-32-53)20-16-18-42-70(10-3)46-74-47-70/h12-15,22-37,39,41,44-45,72H,8-11,16-21,38,40,42-43,46-49H2,1-7H3. The molecule has 2 heterocycles. The maximum absolute atomic E-state index is 5.64. The van der Waals surface area contributed by atoms with Gasteiger partial charge in [-0.1, -0.05) is 164 Å². The van der Waals surface area contributed by atoms with Gasteiger partial charge in [0, 0.05) is 49.6 Å². The van der Waals surface area contributed by atoms with Gasteiger partial charge in [0.15, 0.2) is 0 Å². The number of nitrogens with one attached hydrogen (secondary N) is 1. The normalized spacial score (nSPS) is 16.9. The lowest BCUT2D eigenvalue weighted by atomic mass is 9.75. The molecule has 2 saturated heterocycles. The first-order valence-corrected chi connectivity index (χ1v) is 29.0. The number of aryl methyl sites for hydroxylation is 2. The molecule has 2 aliphatic carbocycles. The van der Waals surface area contributed by atoms with Crippen molar-refractivity contribution in [3.63, 3.8) is 0 Å². The van der Waals surface area contributed by atoms with Crippen LogP contribution < -0.4 is 20.7 Å². The van der Waals surface area contributed by atoms with E-state index in [1.165, 1.54) is 145 Å². The fourth-order valence-electron chi connectivity index (χ4n) is 13.2. The summed E-state index contributed by atoms with van der Waals surface area (Å²) in [6.45, 7) is 20.4. The first-order valence-electron chi connectivity index (χ1n) is 29.0. The van der Waals surface area contributed by atoms with E-state index < -0.39 is 0 Å². The van der Waals surface area contributed by atoms with Crippen LogP contribution in [0.2, 0.25) is 0 Å². The van der Waals surface area contributed by atoms with Crippen LogP contribution in [0.25, 0.3) is 33.2 Å². The lowest BCUT2D eigenvalue weighted by Gasteiger charge is -2.41. The Balaban J connectivity index is 0.929. The fraction of sp³-hybridized carbons (Fsp3) is 0.408. The average molecular weight is 995 g/mol. The van der Waals surface area contributed by atoms with Crippen molar-refractivity contribution < 1.29 is 9.47 Å². The molecule has 11 rings (SSSR count). The maximum atomic E-state index is 5.64. The lowest BCUT2D eigenvalue weighted by molar-refractivity contribution is -0.120. The number of hydrogen-bond donors (Lipinski definition) is 1. The molecule has 2 aliphatic heterocycles. The van der Waals surface area contributed by atoms with Crippen molar-refractivity contribution in [1.82, 2.24) is 0 Å². The van der Waals surface area contributed by atoms with Gasteiger partial charge in [-0.3, -0.25) is 0 Å². The van der Waals surface area contributed by atoms with Crippen molar-refractivity contribution in [2.75, 3.05) is 36.6 Å². The zero-order valence-corrected chi connectivity index (χ0v) is 46.3. The molecular weight excluding hydrogens is 913 g/mol. The number of benzene rings is 7. The number of anilines is 4. The molecule has 0 unspecified atom stereocenters. The average Bonchev–Trinajstić information content (AvgIpc) is 3.66. The number of rotatable bonds is 21. The molecule has 0 aromatic heterocycles. The highest BCUT2D eigenvalue weighted by atomic mass is 16.5. The summed E-state index contributed by atoms with van der Waals surface area (Å²) in [5, 5.41) is 9.07. The minimum absolute atomic E-state index is 0.148. The Morgan fingerprint density at radius 1 is 0.533 bits per heavy atom. The Morgan fingerprint density at radius 3 is 1.68 bits per heavy atom. The topological polar surface area (TPSA) is 33.7 Å². The molecule has 4 heteroatoms. The molecule has 2 fully saturated rings. The molecule has 4 nitrogen and oxygen atoms in total. The van der Waals surface area contributed by atoms with E-state index in [1.807, 2.05) is 0 Å². The molecule has 1 N–H and O–H groups in total. The third-order valence-corrected chi connectivity index (χ3v) is 19.3. The molecular formula is C71H82N2O2. The second-order valence-electron chi connectivity index (χ2n) is 24.0. The van der Waals surface area contributed by atoms with Gasteiger partial charge in [0.05, 0.1) is 32.1 Å². The van der Waals surface area contributed by atoms with Gasteiger partial charge in [-0.2, -0.15) is 0 Å². The van der Waals surface area contributed by atoms with Crippen LogP contribution >= 0.6 is 0 Å². The van der Waals surface area contributed by atoms with Crippen LogP contribution in [0.1, 0.15) is 159 Å². The smallest absolute Gasteiger partial charge is 0.0544 e. The number of nitrogens with zero attached hydrogens (tertiary/aromatic N) is 1. The first kappa shape index (κ1) is 51.2. The van der Waals surface area contributed by atoms with Gasteiger partial charge < -0.3 is 19.7 Å². The summed E-state index contributed by atoms with van der Waals surface area (Å²) in [7, 11) is 0. The maximum Gasteiger partial charge on any atom is 0.0544 e. The highest BCUT2D eigenvalue weighted by Gasteiger charge is 2.39. The van der Waals surface area contributed by atoms with Crippen LogP contribution in [0.15, 0.2) is 146 Å². The summed E-state index contributed by atoms with van der Waals surface area (Å²) >= 11 is 0. The first-order chi connectivity index (χ1) is 36.5. The zero-order valence-electron chi connectivity index (χ0n) is 46.3. The minimum Gasteiger partial charge on any atom is -0.380 e. The number of fused-ring (bicyclic) bond motifs is 5. The van der Waals surface area contributed by atoms with E-state index in [4.69, 9.17) is 9.47 Å². The van der Waals surface area contributed by atoms with Crippen LogP contribution in [0, 0.1) is 10.8 Å². The Hall–Kier alpha value is -5.94. The van der Waals surface area contributed by atoms with E-state index in [0.717, 1.165) is 70.6 Å². The predicted octanol–water partition coefficient (Wildman–Crippen LogP) is 17.2. The van der Waals surface area contributed by atoms with Crippen LogP contribution in [0.4, 0.5) is 22.7 Å². The third kappa shape index (κ3) is 9.80. The number of hydrogen-bond acceptors (Lipinski definition) is 4. The summed E-state index contributed by atoms with van der Waals surface area (Å²) in [6.07, 6.45) is 16.3. The van der Waals surface area contributed by atoms with Crippen molar-refractivity contribution in [3.8, 4) is 11.1 Å². The molecule has 7 aromatic carbocycles. The molecule has 4 aliphatic rings. The highest BCUT2D eigenvalue weighted by molar-refractivity contribution is 6.04. The molecule has 0 atom stereocenters. The van der Waals surface area contributed by atoms with Crippen molar-refractivity contribution >= 4 is 44.8 Å². The largest absolute Gasteiger partial charge is 0.380 e. The molecule has 0 amide bonds. The monoisotopic (exact) mass is 995 g/mol. The van der Waals surface area contributed by atoms with Gasteiger partial charge in [0.25, 0.3) is 0 Å². The van der Waals surface area contributed by atoms with E-state index in [1.54, 1.807) is 0 Å².